The van der Waals surface area contributed by atoms with Crippen molar-refractivity contribution >= 4 is 27.4 Å². The van der Waals surface area contributed by atoms with E-state index < -0.39 is 0 Å². The molecule has 0 saturated carbocycles. The van der Waals surface area contributed by atoms with E-state index in [2.05, 4.69) is 28.5 Å². The summed E-state index contributed by atoms with van der Waals surface area (Å²) in [5.41, 5.74) is 1.56. The summed E-state index contributed by atoms with van der Waals surface area (Å²) >= 11 is 1.93. The molecule has 4 heterocycles. The van der Waals surface area contributed by atoms with E-state index in [9.17, 15) is 0 Å². The number of piperazine rings is 1. The van der Waals surface area contributed by atoms with Crippen molar-refractivity contribution in [2.24, 2.45) is 0 Å². The zero-order valence-electron chi connectivity index (χ0n) is 18.5. The molecule has 7 heteroatoms. The molecule has 0 radical (unpaired) electrons. The molecule has 0 unspecified atom stereocenters. The van der Waals surface area contributed by atoms with Crippen molar-refractivity contribution in [1.29, 1.82) is 0 Å². The highest BCUT2D eigenvalue weighted by Crippen LogP contribution is 2.40. The van der Waals surface area contributed by atoms with E-state index in [1.807, 2.05) is 11.3 Å². The molecule has 0 N–H and O–H groups in total. The second kappa shape index (κ2) is 9.07. The molecular formula is C23H35N5OS. The van der Waals surface area contributed by atoms with Crippen molar-refractivity contribution in [1.82, 2.24) is 19.8 Å². The summed E-state index contributed by atoms with van der Waals surface area (Å²) in [4.78, 5) is 20.6. The van der Waals surface area contributed by atoms with Gasteiger partial charge in [-0.1, -0.05) is 13.8 Å². The van der Waals surface area contributed by atoms with Crippen molar-refractivity contribution in [3.05, 3.63) is 16.3 Å². The molecule has 1 aliphatic carbocycles. The van der Waals surface area contributed by atoms with Gasteiger partial charge >= 0.3 is 0 Å². The lowest BCUT2D eigenvalue weighted by molar-refractivity contribution is 0.0331. The van der Waals surface area contributed by atoms with Crippen LogP contribution in [0.15, 0.2) is 0 Å². The Morgan fingerprint density at radius 1 is 0.900 bits per heavy atom. The van der Waals surface area contributed by atoms with Crippen LogP contribution in [0.25, 0.3) is 10.2 Å². The van der Waals surface area contributed by atoms with E-state index in [1.54, 1.807) is 10.4 Å². The fourth-order valence-corrected chi connectivity index (χ4v) is 6.20. The summed E-state index contributed by atoms with van der Waals surface area (Å²) in [5, 5.41) is 1.38. The third kappa shape index (κ3) is 4.22. The number of hydrogen-bond donors (Lipinski definition) is 0. The van der Waals surface area contributed by atoms with Crippen LogP contribution >= 0.6 is 11.3 Å². The summed E-state index contributed by atoms with van der Waals surface area (Å²) in [6, 6.07) is 0. The first-order valence-corrected chi connectivity index (χ1v) is 12.6. The van der Waals surface area contributed by atoms with E-state index in [0.717, 1.165) is 71.4 Å². The number of hydrogen-bond acceptors (Lipinski definition) is 7. The summed E-state index contributed by atoms with van der Waals surface area (Å²) in [5.74, 6) is 2.59. The van der Waals surface area contributed by atoms with Gasteiger partial charge in [-0.05, 0) is 31.2 Å². The van der Waals surface area contributed by atoms with Crippen LogP contribution < -0.4 is 4.90 Å². The topological polar surface area (TPSA) is 44.7 Å². The van der Waals surface area contributed by atoms with Crippen LogP contribution in [0, 0.1) is 0 Å². The molecular weight excluding hydrogens is 394 g/mol. The molecule has 0 atom stereocenters. The standard InChI is InChI=1S/C23H35N5OS/c1-17(2)21-24-22(20-18-5-3-4-6-19(18)30-23(20)25-21)28-11-9-26(10-12-28)7-8-27-13-15-29-16-14-27/h17H,3-16H2,1-2H3. The van der Waals surface area contributed by atoms with Gasteiger partial charge in [-0.25, -0.2) is 9.97 Å². The van der Waals surface area contributed by atoms with Crippen LogP contribution in [0.5, 0.6) is 0 Å². The monoisotopic (exact) mass is 429 g/mol. The van der Waals surface area contributed by atoms with Gasteiger partial charge in [0.2, 0.25) is 0 Å². The third-order valence-electron chi connectivity index (χ3n) is 6.84. The van der Waals surface area contributed by atoms with Crippen LogP contribution in [0.2, 0.25) is 0 Å². The minimum absolute atomic E-state index is 0.363. The zero-order valence-corrected chi connectivity index (χ0v) is 19.3. The van der Waals surface area contributed by atoms with Crippen molar-refractivity contribution < 1.29 is 4.74 Å². The molecule has 0 spiro atoms. The van der Waals surface area contributed by atoms with Crippen molar-refractivity contribution in [2.45, 2.75) is 45.4 Å². The first-order valence-electron chi connectivity index (χ1n) is 11.8. The molecule has 3 aliphatic rings. The highest BCUT2D eigenvalue weighted by molar-refractivity contribution is 7.19. The molecule has 2 aromatic rings. The molecule has 164 valence electrons. The Balaban J connectivity index is 1.32. The number of anilines is 1. The second-order valence-corrected chi connectivity index (χ2v) is 10.3. The molecule has 6 nitrogen and oxygen atoms in total. The van der Waals surface area contributed by atoms with Crippen molar-refractivity contribution in [3.63, 3.8) is 0 Å². The number of aromatic nitrogens is 2. The van der Waals surface area contributed by atoms with Gasteiger partial charge in [0, 0.05) is 63.2 Å². The van der Waals surface area contributed by atoms with E-state index in [1.165, 1.54) is 41.7 Å². The number of rotatable bonds is 5. The van der Waals surface area contributed by atoms with E-state index in [-0.39, 0.29) is 0 Å². The van der Waals surface area contributed by atoms with Gasteiger partial charge in [0.05, 0.1) is 18.6 Å². The van der Waals surface area contributed by atoms with E-state index in [4.69, 9.17) is 14.7 Å². The predicted octanol–water partition coefficient (Wildman–Crippen LogP) is 3.15. The lowest BCUT2D eigenvalue weighted by atomic mass is 9.96. The predicted molar refractivity (Wildman–Crippen MR) is 124 cm³/mol. The SMILES string of the molecule is CC(C)c1nc(N2CCN(CCN3CCOCC3)CC2)c2c3c(sc2n1)CCCC3. The average Bonchev–Trinajstić information content (AvgIpc) is 3.17. The fraction of sp³-hybridized carbons (Fsp3) is 0.739. The van der Waals surface area contributed by atoms with E-state index >= 15 is 0 Å². The summed E-state index contributed by atoms with van der Waals surface area (Å²) in [6.45, 7) is 15.1. The Kier molecular flexibility index (Phi) is 6.23. The Morgan fingerprint density at radius 3 is 2.33 bits per heavy atom. The Bertz CT molecular complexity index is 868. The molecule has 2 fully saturated rings. The lowest BCUT2D eigenvalue weighted by Crippen LogP contribution is -2.49. The number of aryl methyl sites for hydroxylation is 2. The second-order valence-electron chi connectivity index (χ2n) is 9.23. The fourth-order valence-electron chi connectivity index (χ4n) is 4.93. The highest BCUT2D eigenvalue weighted by atomic mass is 32.1. The maximum atomic E-state index is 5.48. The van der Waals surface area contributed by atoms with Gasteiger partial charge in [0.1, 0.15) is 16.5 Å². The summed E-state index contributed by atoms with van der Waals surface area (Å²) < 4.78 is 5.48. The number of nitrogens with zero attached hydrogens (tertiary/aromatic N) is 5. The minimum atomic E-state index is 0.363. The quantitative estimate of drug-likeness (QED) is 0.728. The molecule has 0 amide bonds. The average molecular weight is 430 g/mol. The first-order chi connectivity index (χ1) is 14.7. The molecule has 5 rings (SSSR count). The van der Waals surface area contributed by atoms with E-state index in [0.29, 0.717) is 5.92 Å². The summed E-state index contributed by atoms with van der Waals surface area (Å²) in [7, 11) is 0. The summed E-state index contributed by atoms with van der Waals surface area (Å²) in [6.07, 6.45) is 5.05. The molecule has 2 saturated heterocycles. The first kappa shape index (κ1) is 20.6. The molecule has 0 bridgehead atoms. The van der Waals surface area contributed by atoms with Crippen molar-refractivity contribution in [2.75, 3.05) is 70.5 Å². The Hall–Kier alpha value is -1.28. The Morgan fingerprint density at radius 2 is 1.60 bits per heavy atom. The lowest BCUT2D eigenvalue weighted by Gasteiger charge is -2.37. The molecule has 0 aromatic carbocycles. The van der Waals surface area contributed by atoms with Gasteiger partial charge in [-0.2, -0.15) is 0 Å². The molecule has 2 aliphatic heterocycles. The van der Waals surface area contributed by atoms with Crippen LogP contribution in [-0.4, -0.2) is 85.3 Å². The minimum Gasteiger partial charge on any atom is -0.379 e. The molecule has 30 heavy (non-hydrogen) atoms. The smallest absolute Gasteiger partial charge is 0.141 e. The van der Waals surface area contributed by atoms with Crippen LogP contribution in [0.3, 0.4) is 0 Å². The number of ether oxygens (including phenoxy) is 1. The van der Waals surface area contributed by atoms with Gasteiger partial charge in [-0.15, -0.1) is 11.3 Å². The number of thiophene rings is 1. The Labute approximate surface area is 184 Å². The number of fused-ring (bicyclic) bond motifs is 3. The third-order valence-corrected chi connectivity index (χ3v) is 8.02. The van der Waals surface area contributed by atoms with Crippen LogP contribution in [0.4, 0.5) is 5.82 Å². The molecule has 2 aromatic heterocycles. The van der Waals surface area contributed by atoms with Gasteiger partial charge < -0.3 is 9.64 Å². The van der Waals surface area contributed by atoms with Crippen molar-refractivity contribution in [3.8, 4) is 0 Å². The van der Waals surface area contributed by atoms with Gasteiger partial charge in [-0.3, -0.25) is 9.80 Å². The highest BCUT2D eigenvalue weighted by Gasteiger charge is 2.26. The number of morpholine rings is 1. The maximum Gasteiger partial charge on any atom is 0.141 e. The van der Waals surface area contributed by atoms with Crippen LogP contribution in [0.1, 0.15) is 48.9 Å². The maximum absolute atomic E-state index is 5.48. The zero-order chi connectivity index (χ0) is 20.5. The normalized spacial score (nSPS) is 21.5. The van der Waals surface area contributed by atoms with Gasteiger partial charge in [0.25, 0.3) is 0 Å². The van der Waals surface area contributed by atoms with Crippen LogP contribution in [-0.2, 0) is 17.6 Å². The van der Waals surface area contributed by atoms with Gasteiger partial charge in [0.15, 0.2) is 0 Å². The largest absolute Gasteiger partial charge is 0.379 e.